The van der Waals surface area contributed by atoms with E-state index in [-0.39, 0.29) is 17.9 Å². The molecule has 2 amide bonds. The number of likely N-dealkylation sites (N-methyl/N-ethyl adjacent to an activating group) is 1. The number of thiophene rings is 1. The molecular formula is C26H28N2O2S. The number of para-hydroxylation sites is 1. The normalized spacial score (nSPS) is 18.2. The number of carbonyl (C=O) groups is 2. The van der Waals surface area contributed by atoms with Gasteiger partial charge in [-0.3, -0.25) is 9.59 Å². The van der Waals surface area contributed by atoms with Gasteiger partial charge in [0.15, 0.2) is 0 Å². The van der Waals surface area contributed by atoms with E-state index in [1.54, 1.807) is 11.3 Å². The molecule has 0 saturated carbocycles. The molecule has 4 nitrogen and oxygen atoms in total. The zero-order valence-corrected chi connectivity index (χ0v) is 19.0. The molecule has 5 heteroatoms. The molecule has 2 aromatic carbocycles. The smallest absolute Gasteiger partial charge is 0.254 e. The van der Waals surface area contributed by atoms with Crippen molar-refractivity contribution in [3.8, 4) is 0 Å². The maximum atomic E-state index is 14.1. The van der Waals surface area contributed by atoms with E-state index in [9.17, 15) is 9.59 Å². The molecule has 0 radical (unpaired) electrons. The van der Waals surface area contributed by atoms with Crippen molar-refractivity contribution in [2.75, 3.05) is 18.0 Å². The van der Waals surface area contributed by atoms with Gasteiger partial charge in [-0.1, -0.05) is 56.3 Å². The topological polar surface area (TPSA) is 40.6 Å². The Bertz CT molecular complexity index is 1050. The Labute approximate surface area is 188 Å². The predicted octanol–water partition coefficient (Wildman–Crippen LogP) is 5.74. The lowest BCUT2D eigenvalue weighted by Gasteiger charge is -2.43. The molecule has 0 unspecified atom stereocenters. The molecule has 4 rings (SSSR count). The minimum Gasteiger partial charge on any atom is -0.329 e. The summed E-state index contributed by atoms with van der Waals surface area (Å²) >= 11 is 1.61. The summed E-state index contributed by atoms with van der Waals surface area (Å²) in [4.78, 5) is 32.5. The molecule has 3 aromatic rings. The van der Waals surface area contributed by atoms with Gasteiger partial charge in [0.2, 0.25) is 5.91 Å². The number of nitrogens with zero attached hydrogens (tertiary/aromatic N) is 2. The van der Waals surface area contributed by atoms with Gasteiger partial charge >= 0.3 is 0 Å². The molecule has 0 bridgehead atoms. The molecule has 0 saturated heterocycles. The van der Waals surface area contributed by atoms with Crippen LogP contribution in [0.4, 0.5) is 5.69 Å². The first kappa shape index (κ1) is 21.3. The summed E-state index contributed by atoms with van der Waals surface area (Å²) in [5.74, 6) is -0.120. The van der Waals surface area contributed by atoms with Gasteiger partial charge < -0.3 is 9.80 Å². The van der Waals surface area contributed by atoms with Crippen LogP contribution in [-0.4, -0.2) is 29.8 Å². The first-order valence-electron chi connectivity index (χ1n) is 10.8. The fraction of sp³-hybridized carbons (Fsp3) is 0.308. The molecule has 0 aliphatic carbocycles. The van der Waals surface area contributed by atoms with Crippen LogP contribution in [0.2, 0.25) is 0 Å². The van der Waals surface area contributed by atoms with E-state index in [1.165, 1.54) is 0 Å². The van der Waals surface area contributed by atoms with Crippen molar-refractivity contribution >= 4 is 28.8 Å². The third kappa shape index (κ3) is 4.02. The van der Waals surface area contributed by atoms with Crippen molar-refractivity contribution in [2.24, 2.45) is 5.92 Å². The third-order valence-electron chi connectivity index (χ3n) is 5.75. The van der Waals surface area contributed by atoms with Crippen LogP contribution in [0.3, 0.4) is 0 Å². The van der Waals surface area contributed by atoms with Crippen LogP contribution in [0, 0.1) is 5.92 Å². The lowest BCUT2D eigenvalue weighted by atomic mass is 9.80. The molecular weight excluding hydrogens is 404 g/mol. The van der Waals surface area contributed by atoms with Crippen molar-refractivity contribution in [2.45, 2.75) is 32.7 Å². The van der Waals surface area contributed by atoms with Crippen LogP contribution in [0.15, 0.2) is 72.1 Å². The maximum Gasteiger partial charge on any atom is 0.254 e. The zero-order chi connectivity index (χ0) is 22.0. The van der Waals surface area contributed by atoms with E-state index in [1.807, 2.05) is 88.8 Å². The summed E-state index contributed by atoms with van der Waals surface area (Å²) in [6.07, 6.45) is 0. The van der Waals surface area contributed by atoms with Crippen LogP contribution in [0.1, 0.15) is 53.5 Å². The number of hydrogen-bond donors (Lipinski definition) is 0. The zero-order valence-electron chi connectivity index (χ0n) is 18.2. The minimum atomic E-state index is -0.452. The molecule has 31 heavy (non-hydrogen) atoms. The number of anilines is 1. The Hall–Kier alpha value is -2.92. The summed E-state index contributed by atoms with van der Waals surface area (Å²) in [5, 5.41) is 2.02. The molecule has 0 N–H and O–H groups in total. The molecule has 2 heterocycles. The van der Waals surface area contributed by atoms with Crippen LogP contribution in [0.25, 0.3) is 0 Å². The molecule has 1 aliphatic heterocycles. The molecule has 0 fully saturated rings. The van der Waals surface area contributed by atoms with Gasteiger partial charge in [0, 0.05) is 29.2 Å². The van der Waals surface area contributed by atoms with Crippen LogP contribution >= 0.6 is 11.3 Å². The van der Waals surface area contributed by atoms with E-state index in [4.69, 9.17) is 0 Å². The summed E-state index contributed by atoms with van der Waals surface area (Å²) in [5.41, 5.74) is 2.34. The van der Waals surface area contributed by atoms with Crippen molar-refractivity contribution in [1.82, 2.24) is 4.90 Å². The van der Waals surface area contributed by atoms with Gasteiger partial charge in [-0.2, -0.15) is 0 Å². The van der Waals surface area contributed by atoms with E-state index >= 15 is 0 Å². The Kier molecular flexibility index (Phi) is 6.23. The minimum absolute atomic E-state index is 0.00881. The lowest BCUT2D eigenvalue weighted by molar-refractivity contribution is -0.121. The SMILES string of the molecule is CCN(C(=O)[C@H]1c2ccccc2C(=O)N(CC(C)C)[C@@H]1c1cccs1)c1ccccc1. The van der Waals surface area contributed by atoms with Crippen LogP contribution in [-0.2, 0) is 4.79 Å². The Morgan fingerprint density at radius 3 is 2.39 bits per heavy atom. The summed E-state index contributed by atoms with van der Waals surface area (Å²) < 4.78 is 0. The highest BCUT2D eigenvalue weighted by molar-refractivity contribution is 7.10. The standard InChI is InChI=1S/C26H28N2O2S/c1-4-27(19-11-6-5-7-12-19)26(30)23-20-13-8-9-14-21(20)25(29)28(17-18(2)3)24(23)22-15-10-16-31-22/h5-16,18,23-24H,4,17H2,1-3H3/t23-,24+/m0/s1. The predicted molar refractivity (Wildman–Crippen MR) is 127 cm³/mol. The first-order chi connectivity index (χ1) is 15.0. The second-order valence-electron chi connectivity index (χ2n) is 8.29. The fourth-order valence-electron chi connectivity index (χ4n) is 4.47. The maximum absolute atomic E-state index is 14.1. The second-order valence-corrected chi connectivity index (χ2v) is 9.27. The first-order valence-corrected chi connectivity index (χ1v) is 11.7. The Morgan fingerprint density at radius 1 is 1.03 bits per heavy atom. The summed E-state index contributed by atoms with van der Waals surface area (Å²) in [7, 11) is 0. The van der Waals surface area contributed by atoms with Crippen molar-refractivity contribution in [1.29, 1.82) is 0 Å². The number of rotatable bonds is 6. The number of amides is 2. The average molecular weight is 433 g/mol. The largest absolute Gasteiger partial charge is 0.329 e. The Morgan fingerprint density at radius 2 is 1.74 bits per heavy atom. The van der Waals surface area contributed by atoms with Crippen LogP contribution in [0.5, 0.6) is 0 Å². The highest BCUT2D eigenvalue weighted by Crippen LogP contribution is 2.45. The molecule has 2 atom stereocenters. The van der Waals surface area contributed by atoms with Crippen LogP contribution < -0.4 is 4.90 Å². The molecule has 160 valence electrons. The average Bonchev–Trinajstić information content (AvgIpc) is 3.31. The highest BCUT2D eigenvalue weighted by Gasteiger charge is 2.45. The van der Waals surface area contributed by atoms with Gasteiger partial charge in [-0.05, 0) is 48.1 Å². The third-order valence-corrected chi connectivity index (χ3v) is 6.69. The quantitative estimate of drug-likeness (QED) is 0.498. The van der Waals surface area contributed by atoms with E-state index in [0.29, 0.717) is 24.6 Å². The van der Waals surface area contributed by atoms with E-state index in [2.05, 4.69) is 13.8 Å². The van der Waals surface area contributed by atoms with Gasteiger partial charge in [0.05, 0.1) is 12.0 Å². The number of hydrogen-bond acceptors (Lipinski definition) is 3. The van der Waals surface area contributed by atoms with E-state index in [0.717, 1.165) is 16.1 Å². The summed E-state index contributed by atoms with van der Waals surface area (Å²) in [6, 6.07) is 21.1. The van der Waals surface area contributed by atoms with Gasteiger partial charge in [0.25, 0.3) is 5.91 Å². The van der Waals surface area contributed by atoms with E-state index < -0.39 is 5.92 Å². The number of fused-ring (bicyclic) bond motifs is 1. The molecule has 0 spiro atoms. The highest BCUT2D eigenvalue weighted by atomic mass is 32.1. The fourth-order valence-corrected chi connectivity index (χ4v) is 5.35. The number of carbonyl (C=O) groups excluding carboxylic acids is 2. The monoisotopic (exact) mass is 432 g/mol. The lowest BCUT2D eigenvalue weighted by Crippen LogP contribution is -2.49. The molecule has 1 aromatic heterocycles. The van der Waals surface area contributed by atoms with Gasteiger partial charge in [-0.25, -0.2) is 0 Å². The Balaban J connectivity index is 1.88. The summed E-state index contributed by atoms with van der Waals surface area (Å²) in [6.45, 7) is 7.39. The van der Waals surface area contributed by atoms with Crippen molar-refractivity contribution < 1.29 is 9.59 Å². The van der Waals surface area contributed by atoms with Crippen molar-refractivity contribution in [3.05, 3.63) is 88.1 Å². The van der Waals surface area contributed by atoms with Gasteiger partial charge in [-0.15, -0.1) is 11.3 Å². The molecule has 1 aliphatic rings. The number of benzene rings is 2. The van der Waals surface area contributed by atoms with Gasteiger partial charge in [0.1, 0.15) is 0 Å². The van der Waals surface area contributed by atoms with Crippen molar-refractivity contribution in [3.63, 3.8) is 0 Å². The second kappa shape index (κ2) is 9.06.